The summed E-state index contributed by atoms with van der Waals surface area (Å²) in [6.45, 7) is -5.95. The monoisotopic (exact) mass is 476 g/mol. The van der Waals surface area contributed by atoms with Crippen molar-refractivity contribution in [3.8, 4) is 11.5 Å². The molecule has 5 nitrogen and oxygen atoms in total. The average molecular weight is 476 g/mol. The molecule has 3 aromatic rings. The largest absolute Gasteiger partial charge is 0.435 e. The van der Waals surface area contributed by atoms with Crippen LogP contribution in [0.4, 0.5) is 33.3 Å². The zero-order valence-corrected chi connectivity index (χ0v) is 17.3. The maximum atomic E-state index is 13.9. The van der Waals surface area contributed by atoms with Crippen molar-refractivity contribution < 1.29 is 36.2 Å². The number of halogens is 5. The van der Waals surface area contributed by atoms with Crippen LogP contribution in [0.5, 0.6) is 11.5 Å². The van der Waals surface area contributed by atoms with Gasteiger partial charge in [0, 0.05) is 11.4 Å². The van der Waals surface area contributed by atoms with E-state index >= 15 is 0 Å². The average Bonchev–Trinajstić information content (AvgIpc) is 3.11. The first kappa shape index (κ1) is 23.1. The van der Waals surface area contributed by atoms with E-state index in [1.54, 1.807) is 12.1 Å². The third kappa shape index (κ3) is 5.28. The lowest BCUT2D eigenvalue weighted by Crippen LogP contribution is -2.30. The number of nitrogens with zero attached hydrogens (tertiary/aromatic N) is 1. The molecule has 34 heavy (non-hydrogen) atoms. The van der Waals surface area contributed by atoms with Gasteiger partial charge in [-0.1, -0.05) is 12.1 Å². The van der Waals surface area contributed by atoms with Crippen LogP contribution in [-0.2, 0) is 4.79 Å². The van der Waals surface area contributed by atoms with E-state index in [4.69, 9.17) is 0 Å². The Morgan fingerprint density at radius 2 is 1.41 bits per heavy atom. The van der Waals surface area contributed by atoms with Crippen LogP contribution in [0.25, 0.3) is 0 Å². The van der Waals surface area contributed by atoms with Gasteiger partial charge < -0.3 is 14.8 Å². The van der Waals surface area contributed by atoms with E-state index in [1.807, 2.05) is 0 Å². The standard InChI is InChI=1S/C24H17F5N2O3/c25-15-3-1-2-14(12-15)21-13-20(30-16-4-8-18(9-5-16)33-23(26)27)22(32)31(21)17-6-10-19(11-7-17)34-24(28)29/h1-13,21,23-24,30H. The van der Waals surface area contributed by atoms with Crippen LogP contribution in [0.15, 0.2) is 84.6 Å². The molecule has 1 aliphatic rings. The fraction of sp³-hybridized carbons (Fsp3) is 0.125. The van der Waals surface area contributed by atoms with E-state index in [-0.39, 0.29) is 17.2 Å². The van der Waals surface area contributed by atoms with Crippen molar-refractivity contribution >= 4 is 17.3 Å². The molecule has 1 aliphatic heterocycles. The van der Waals surface area contributed by atoms with Gasteiger partial charge in [0.2, 0.25) is 0 Å². The number of rotatable bonds is 8. The lowest BCUT2D eigenvalue weighted by molar-refractivity contribution is -0.114. The molecule has 1 heterocycles. The van der Waals surface area contributed by atoms with Gasteiger partial charge in [-0.2, -0.15) is 17.6 Å². The maximum absolute atomic E-state index is 13.9. The third-order valence-corrected chi connectivity index (χ3v) is 4.94. The summed E-state index contributed by atoms with van der Waals surface area (Å²) in [7, 11) is 0. The summed E-state index contributed by atoms with van der Waals surface area (Å²) in [6.07, 6.45) is 1.59. The SMILES string of the molecule is O=C1C(Nc2ccc(OC(F)F)cc2)=CC(c2cccc(F)c2)N1c1ccc(OC(F)F)cc1. The van der Waals surface area contributed by atoms with E-state index in [2.05, 4.69) is 14.8 Å². The summed E-state index contributed by atoms with van der Waals surface area (Å²) in [6, 6.07) is 16.0. The fourth-order valence-corrected chi connectivity index (χ4v) is 3.53. The van der Waals surface area contributed by atoms with Gasteiger partial charge in [0.25, 0.3) is 5.91 Å². The number of hydrogen-bond acceptors (Lipinski definition) is 4. The Balaban J connectivity index is 1.63. The molecule has 0 saturated heterocycles. The van der Waals surface area contributed by atoms with Crippen LogP contribution >= 0.6 is 0 Å². The quantitative estimate of drug-likeness (QED) is 0.399. The maximum Gasteiger partial charge on any atom is 0.387 e. The molecule has 0 aromatic heterocycles. The summed E-state index contributed by atoms with van der Waals surface area (Å²) in [4.78, 5) is 14.7. The number of benzene rings is 3. The zero-order chi connectivity index (χ0) is 24.2. The van der Waals surface area contributed by atoms with Gasteiger partial charge in [-0.15, -0.1) is 0 Å². The molecule has 1 atom stereocenters. The molecule has 0 aliphatic carbocycles. The molecule has 0 bridgehead atoms. The normalized spacial score (nSPS) is 15.6. The summed E-state index contributed by atoms with van der Waals surface area (Å²) >= 11 is 0. The minimum atomic E-state index is -2.99. The van der Waals surface area contributed by atoms with Crippen LogP contribution in [-0.4, -0.2) is 19.1 Å². The molecule has 0 fully saturated rings. The smallest absolute Gasteiger partial charge is 0.387 e. The molecule has 176 valence electrons. The van der Waals surface area contributed by atoms with Gasteiger partial charge in [0.05, 0.1) is 6.04 Å². The number of carbonyl (C=O) groups is 1. The Bertz CT molecular complexity index is 1180. The first-order chi connectivity index (χ1) is 16.3. The van der Waals surface area contributed by atoms with Gasteiger partial charge in [-0.05, 0) is 72.3 Å². The molecular formula is C24H17F5N2O3. The number of alkyl halides is 4. The molecule has 1 N–H and O–H groups in total. The molecule has 1 unspecified atom stereocenters. The first-order valence-electron chi connectivity index (χ1n) is 9.98. The second-order valence-corrected chi connectivity index (χ2v) is 7.16. The third-order valence-electron chi connectivity index (χ3n) is 4.94. The summed E-state index contributed by atoms with van der Waals surface area (Å²) in [5.74, 6) is -1.08. The predicted molar refractivity (Wildman–Crippen MR) is 114 cm³/mol. The molecule has 0 saturated carbocycles. The number of anilines is 2. The number of nitrogens with one attached hydrogen (secondary N) is 1. The Morgan fingerprint density at radius 1 is 0.824 bits per heavy atom. The molecule has 0 radical (unpaired) electrons. The second-order valence-electron chi connectivity index (χ2n) is 7.16. The molecule has 10 heteroatoms. The lowest BCUT2D eigenvalue weighted by Gasteiger charge is -2.25. The first-order valence-corrected chi connectivity index (χ1v) is 9.98. The van der Waals surface area contributed by atoms with Gasteiger partial charge in [0.1, 0.15) is 23.0 Å². The predicted octanol–water partition coefficient (Wildman–Crippen LogP) is 6.11. The van der Waals surface area contributed by atoms with Crippen molar-refractivity contribution in [3.05, 3.63) is 96.0 Å². The molecule has 4 rings (SSSR count). The second kappa shape index (κ2) is 9.82. The highest BCUT2D eigenvalue weighted by Gasteiger charge is 2.35. The van der Waals surface area contributed by atoms with Gasteiger partial charge in [-0.25, -0.2) is 4.39 Å². The van der Waals surface area contributed by atoms with Crippen LogP contribution < -0.4 is 19.7 Å². The Labute approximate surface area is 191 Å². The Hall–Kier alpha value is -4.08. The minimum Gasteiger partial charge on any atom is -0.435 e. The van der Waals surface area contributed by atoms with Crippen molar-refractivity contribution in [3.63, 3.8) is 0 Å². The highest BCUT2D eigenvalue weighted by molar-refractivity contribution is 6.11. The van der Waals surface area contributed by atoms with Crippen LogP contribution in [0.3, 0.4) is 0 Å². The number of carbonyl (C=O) groups excluding carboxylic acids is 1. The van der Waals surface area contributed by atoms with Crippen molar-refractivity contribution in [2.45, 2.75) is 19.3 Å². The van der Waals surface area contributed by atoms with E-state index in [9.17, 15) is 26.7 Å². The molecule has 1 amide bonds. The summed E-state index contributed by atoms with van der Waals surface area (Å²) in [5.41, 5.74) is 1.44. The van der Waals surface area contributed by atoms with Crippen LogP contribution in [0, 0.1) is 5.82 Å². The Kier molecular flexibility index (Phi) is 6.67. The highest BCUT2D eigenvalue weighted by Crippen LogP contribution is 2.37. The van der Waals surface area contributed by atoms with Crippen molar-refractivity contribution in [1.29, 1.82) is 0 Å². The molecular weight excluding hydrogens is 459 g/mol. The van der Waals surface area contributed by atoms with E-state index in [0.717, 1.165) is 0 Å². The van der Waals surface area contributed by atoms with E-state index < -0.39 is 31.0 Å². The van der Waals surface area contributed by atoms with Crippen molar-refractivity contribution in [1.82, 2.24) is 0 Å². The Morgan fingerprint density at radius 3 is 1.97 bits per heavy atom. The minimum absolute atomic E-state index is 0.0438. The number of hydrogen-bond donors (Lipinski definition) is 1. The van der Waals surface area contributed by atoms with Crippen LogP contribution in [0.1, 0.15) is 11.6 Å². The molecule has 0 spiro atoms. The van der Waals surface area contributed by atoms with E-state index in [1.165, 1.54) is 71.6 Å². The number of amides is 1. The van der Waals surface area contributed by atoms with Gasteiger partial charge in [-0.3, -0.25) is 9.69 Å². The van der Waals surface area contributed by atoms with Gasteiger partial charge >= 0.3 is 13.2 Å². The summed E-state index contributed by atoms with van der Waals surface area (Å²) in [5, 5.41) is 2.93. The topological polar surface area (TPSA) is 50.8 Å². The van der Waals surface area contributed by atoms with Crippen LogP contribution in [0.2, 0.25) is 0 Å². The molecule has 3 aromatic carbocycles. The summed E-state index contributed by atoms with van der Waals surface area (Å²) < 4.78 is 72.2. The zero-order valence-electron chi connectivity index (χ0n) is 17.3. The highest BCUT2D eigenvalue weighted by atomic mass is 19.3. The van der Waals surface area contributed by atoms with E-state index in [0.29, 0.717) is 16.9 Å². The lowest BCUT2D eigenvalue weighted by atomic mass is 10.1. The fourth-order valence-electron chi connectivity index (χ4n) is 3.53. The van der Waals surface area contributed by atoms with Crippen molar-refractivity contribution in [2.75, 3.05) is 10.2 Å². The number of ether oxygens (including phenoxy) is 2. The van der Waals surface area contributed by atoms with Crippen molar-refractivity contribution in [2.24, 2.45) is 0 Å². The van der Waals surface area contributed by atoms with Gasteiger partial charge in [0.15, 0.2) is 0 Å².